The molecule has 0 radical (unpaired) electrons. The lowest BCUT2D eigenvalue weighted by molar-refractivity contribution is -0.889. The summed E-state index contributed by atoms with van der Waals surface area (Å²) in [5.74, 6) is -1.86. The molecule has 0 aliphatic carbocycles. The second kappa shape index (κ2) is 36.3. The van der Waals surface area contributed by atoms with Crippen molar-refractivity contribution in [2.45, 2.75) is 180 Å². The van der Waals surface area contributed by atoms with Crippen molar-refractivity contribution in [3.63, 3.8) is 0 Å². The van der Waals surface area contributed by atoms with Crippen LogP contribution < -0.4 is 5.11 Å². The highest BCUT2D eigenvalue weighted by molar-refractivity contribution is 5.70. The van der Waals surface area contributed by atoms with Crippen LogP contribution in [-0.2, 0) is 28.6 Å². The van der Waals surface area contributed by atoms with Crippen molar-refractivity contribution in [1.29, 1.82) is 0 Å². The van der Waals surface area contributed by atoms with Crippen LogP contribution in [0.2, 0.25) is 0 Å². The third-order valence-electron chi connectivity index (χ3n) is 9.23. The van der Waals surface area contributed by atoms with Gasteiger partial charge in [-0.2, -0.15) is 0 Å². The third-order valence-corrected chi connectivity index (χ3v) is 9.23. The van der Waals surface area contributed by atoms with Crippen LogP contribution in [0.4, 0.5) is 0 Å². The second-order valence-electron chi connectivity index (χ2n) is 15.2. The molecule has 53 heavy (non-hydrogen) atoms. The maximum Gasteiger partial charge on any atom is 0.306 e. The maximum atomic E-state index is 12.7. The van der Waals surface area contributed by atoms with Gasteiger partial charge in [-0.25, -0.2) is 0 Å². The van der Waals surface area contributed by atoms with Crippen LogP contribution in [0.15, 0.2) is 48.6 Å². The molecular formula is C45H79NO7. The first-order chi connectivity index (χ1) is 25.6. The maximum absolute atomic E-state index is 12.7. The van der Waals surface area contributed by atoms with E-state index in [0.29, 0.717) is 12.8 Å². The van der Waals surface area contributed by atoms with Gasteiger partial charge in [0.25, 0.3) is 0 Å². The Labute approximate surface area is 325 Å². The number of rotatable bonds is 37. The van der Waals surface area contributed by atoms with Gasteiger partial charge in [0.15, 0.2) is 6.10 Å². The van der Waals surface area contributed by atoms with Crippen molar-refractivity contribution in [3.8, 4) is 0 Å². The molecule has 0 spiro atoms. The number of hydrogen-bond acceptors (Lipinski definition) is 7. The molecule has 0 aromatic carbocycles. The number of quaternary nitrogens is 1. The van der Waals surface area contributed by atoms with Gasteiger partial charge in [-0.05, 0) is 57.8 Å². The summed E-state index contributed by atoms with van der Waals surface area (Å²) in [5.41, 5.74) is 0. The zero-order valence-electron chi connectivity index (χ0n) is 34.7. The van der Waals surface area contributed by atoms with Crippen LogP contribution in [0.3, 0.4) is 0 Å². The molecule has 0 N–H and O–H groups in total. The lowest BCUT2D eigenvalue weighted by atomic mass is 10.1. The van der Waals surface area contributed by atoms with Gasteiger partial charge in [-0.1, -0.05) is 140 Å². The van der Waals surface area contributed by atoms with Gasteiger partial charge in [0, 0.05) is 19.3 Å². The predicted octanol–water partition coefficient (Wildman–Crippen LogP) is 9.91. The smallest absolute Gasteiger partial charge is 0.306 e. The van der Waals surface area contributed by atoms with E-state index in [9.17, 15) is 19.5 Å². The fourth-order valence-electron chi connectivity index (χ4n) is 5.88. The molecule has 0 rings (SSSR count). The van der Waals surface area contributed by atoms with Crippen molar-refractivity contribution in [2.24, 2.45) is 0 Å². The SMILES string of the molecule is CCCCCCCC/C=C/C/C=C/CCC(=O)OCC(COCCC(C(=O)[O-])[N+](C)(C)C)OC(=O)CCCCC/C=C/C=C/CCCCCCCCC. The number of carboxylic acids is 1. The van der Waals surface area contributed by atoms with Crippen molar-refractivity contribution in [2.75, 3.05) is 41.0 Å². The highest BCUT2D eigenvalue weighted by atomic mass is 16.6. The molecule has 0 saturated heterocycles. The lowest BCUT2D eigenvalue weighted by Gasteiger charge is -2.34. The highest BCUT2D eigenvalue weighted by Gasteiger charge is 2.25. The minimum Gasteiger partial charge on any atom is -0.544 e. The number of allylic oxidation sites excluding steroid dienone is 8. The Balaban J connectivity index is 4.50. The molecule has 0 aromatic rings. The molecule has 0 bridgehead atoms. The van der Waals surface area contributed by atoms with E-state index in [4.69, 9.17) is 14.2 Å². The molecule has 0 fully saturated rings. The lowest BCUT2D eigenvalue weighted by Crippen LogP contribution is -2.55. The second-order valence-corrected chi connectivity index (χ2v) is 15.2. The van der Waals surface area contributed by atoms with E-state index >= 15 is 0 Å². The molecular weight excluding hydrogens is 666 g/mol. The van der Waals surface area contributed by atoms with E-state index in [0.717, 1.165) is 38.5 Å². The summed E-state index contributed by atoms with van der Waals surface area (Å²) >= 11 is 0. The number of likely N-dealkylation sites (N-methyl/N-ethyl adjacent to an activating group) is 1. The van der Waals surface area contributed by atoms with Crippen LogP contribution in [-0.4, -0.2) is 75.5 Å². The first-order valence-corrected chi connectivity index (χ1v) is 21.2. The van der Waals surface area contributed by atoms with E-state index in [-0.39, 0.29) is 55.5 Å². The average molecular weight is 746 g/mol. The molecule has 0 aliphatic rings. The number of carbonyl (C=O) groups excluding carboxylic acids is 3. The van der Waals surface area contributed by atoms with E-state index in [1.807, 2.05) is 6.08 Å². The molecule has 0 aromatic heterocycles. The summed E-state index contributed by atoms with van der Waals surface area (Å²) in [7, 11) is 5.37. The number of nitrogens with zero attached hydrogens (tertiary/aromatic N) is 1. The number of hydrogen-bond donors (Lipinski definition) is 0. The summed E-state index contributed by atoms with van der Waals surface area (Å²) < 4.78 is 17.0. The fraction of sp³-hybridized carbons (Fsp3) is 0.756. The van der Waals surface area contributed by atoms with Gasteiger partial charge in [-0.3, -0.25) is 9.59 Å². The van der Waals surface area contributed by atoms with Gasteiger partial charge >= 0.3 is 11.9 Å². The van der Waals surface area contributed by atoms with E-state index < -0.39 is 18.1 Å². The van der Waals surface area contributed by atoms with Crippen molar-refractivity contribution in [3.05, 3.63) is 48.6 Å². The number of carbonyl (C=O) groups is 3. The summed E-state index contributed by atoms with van der Waals surface area (Å²) in [6, 6.07) is -0.738. The number of carboxylic acid groups (broad SMARTS) is 1. The first kappa shape index (κ1) is 50.3. The van der Waals surface area contributed by atoms with Crippen LogP contribution in [0.1, 0.15) is 168 Å². The largest absolute Gasteiger partial charge is 0.544 e. The third kappa shape index (κ3) is 34.8. The van der Waals surface area contributed by atoms with Gasteiger partial charge in [0.05, 0.1) is 40.3 Å². The Hall–Kier alpha value is -2.71. The average Bonchev–Trinajstić information content (AvgIpc) is 3.11. The van der Waals surface area contributed by atoms with Gasteiger partial charge in [0.1, 0.15) is 12.6 Å². The Kier molecular flexibility index (Phi) is 34.4. The van der Waals surface area contributed by atoms with Crippen molar-refractivity contribution in [1.82, 2.24) is 0 Å². The molecule has 0 aliphatic heterocycles. The molecule has 0 amide bonds. The normalized spacial score (nSPS) is 13.5. The van der Waals surface area contributed by atoms with Gasteiger partial charge in [0.2, 0.25) is 0 Å². The summed E-state index contributed by atoms with van der Waals surface area (Å²) in [5, 5.41) is 11.6. The predicted molar refractivity (Wildman–Crippen MR) is 217 cm³/mol. The standard InChI is InChI=1S/C45H79NO7/c1-6-8-10-12-14-16-18-20-21-22-24-26-28-30-32-34-36-44(48)53-41(39-51-38-37-42(45(49)50)46(3,4)5)40-52-43(47)35-33-31-29-27-25-23-19-17-15-13-11-9-7-2/h21-26,29,31,41-42H,6-20,27-28,30,32-40H2,1-5H3/b22-21+,25-23+,26-24+,31-29+. The summed E-state index contributed by atoms with van der Waals surface area (Å²) in [6.07, 6.45) is 41.5. The molecule has 306 valence electrons. The van der Waals surface area contributed by atoms with Crippen molar-refractivity contribution >= 4 is 17.9 Å². The fourth-order valence-corrected chi connectivity index (χ4v) is 5.88. The monoisotopic (exact) mass is 746 g/mol. The summed E-state index contributed by atoms with van der Waals surface area (Å²) in [4.78, 5) is 36.7. The topological polar surface area (TPSA) is 102 Å². The number of aliphatic carboxylic acids is 1. The zero-order chi connectivity index (χ0) is 39.3. The minimum atomic E-state index is -1.14. The van der Waals surface area contributed by atoms with Crippen LogP contribution >= 0.6 is 0 Å². The first-order valence-electron chi connectivity index (χ1n) is 21.2. The number of unbranched alkanes of at least 4 members (excludes halogenated alkanes) is 16. The quantitative estimate of drug-likeness (QED) is 0.0205. The minimum absolute atomic E-state index is 0.0121. The van der Waals surface area contributed by atoms with Crippen LogP contribution in [0.5, 0.6) is 0 Å². The zero-order valence-corrected chi connectivity index (χ0v) is 34.7. The molecule has 2 unspecified atom stereocenters. The van der Waals surface area contributed by atoms with Crippen LogP contribution in [0, 0.1) is 0 Å². The van der Waals surface area contributed by atoms with E-state index in [2.05, 4.69) is 56.4 Å². The summed E-state index contributed by atoms with van der Waals surface area (Å²) in [6.45, 7) is 4.54. The number of esters is 2. The Morgan fingerprint density at radius 3 is 1.64 bits per heavy atom. The molecule has 0 saturated carbocycles. The van der Waals surface area contributed by atoms with Crippen molar-refractivity contribution < 1.29 is 38.2 Å². The molecule has 2 atom stereocenters. The van der Waals surface area contributed by atoms with Gasteiger partial charge < -0.3 is 28.6 Å². The highest BCUT2D eigenvalue weighted by Crippen LogP contribution is 2.12. The Morgan fingerprint density at radius 2 is 1.09 bits per heavy atom. The van der Waals surface area contributed by atoms with Gasteiger partial charge in [-0.15, -0.1) is 0 Å². The van der Waals surface area contributed by atoms with Crippen LogP contribution in [0.25, 0.3) is 0 Å². The number of ether oxygens (including phenoxy) is 3. The van der Waals surface area contributed by atoms with E-state index in [1.54, 1.807) is 21.1 Å². The molecule has 8 nitrogen and oxygen atoms in total. The Bertz CT molecular complexity index is 1010. The molecule has 8 heteroatoms. The molecule has 0 heterocycles. The Morgan fingerprint density at radius 1 is 0.585 bits per heavy atom. The van der Waals surface area contributed by atoms with E-state index in [1.165, 1.54) is 83.5 Å².